The molecule has 22 heavy (non-hydrogen) atoms. The maximum Gasteiger partial charge on any atom is 0.303 e. The highest BCUT2D eigenvalue weighted by atomic mass is 16.4. The lowest BCUT2D eigenvalue weighted by molar-refractivity contribution is -0.137. The van der Waals surface area contributed by atoms with Crippen LogP contribution in [-0.2, 0) is 4.79 Å². The monoisotopic (exact) mass is 304 g/mol. The third kappa shape index (κ3) is 9.33. The first-order chi connectivity index (χ1) is 10.7. The Bertz CT molecular complexity index is 415. The van der Waals surface area contributed by atoms with Gasteiger partial charge in [-0.1, -0.05) is 31.4 Å². The molecule has 0 aliphatic carbocycles. The van der Waals surface area contributed by atoms with Crippen molar-refractivity contribution in [2.45, 2.75) is 82.7 Å². The van der Waals surface area contributed by atoms with Crippen molar-refractivity contribution in [2.75, 3.05) is 0 Å². The number of unbranched alkanes of at least 4 members (excludes halogenated alkanes) is 6. The van der Waals surface area contributed by atoms with E-state index in [0.29, 0.717) is 6.42 Å². The predicted molar refractivity (Wildman–Crippen MR) is 88.6 cm³/mol. The van der Waals surface area contributed by atoms with Gasteiger partial charge in [0, 0.05) is 12.8 Å². The lowest BCUT2D eigenvalue weighted by atomic mass is 10.0. The topological polar surface area (TPSA) is 62.0 Å². The van der Waals surface area contributed by atoms with Gasteiger partial charge in [0.15, 0.2) is 5.66 Å². The number of aliphatic carboxylic acids is 1. The van der Waals surface area contributed by atoms with Gasteiger partial charge in [-0.2, -0.15) is 10.2 Å². The summed E-state index contributed by atoms with van der Waals surface area (Å²) >= 11 is 0. The molecule has 122 valence electrons. The highest BCUT2D eigenvalue weighted by Crippen LogP contribution is 2.38. The summed E-state index contributed by atoms with van der Waals surface area (Å²) in [5.74, 6) is 1.97. The Kier molecular flexibility index (Phi) is 9.21. The van der Waals surface area contributed by atoms with Crippen LogP contribution in [0.1, 0.15) is 77.0 Å². The van der Waals surface area contributed by atoms with E-state index in [1.165, 1.54) is 12.8 Å². The van der Waals surface area contributed by atoms with Gasteiger partial charge in [-0.05, 0) is 44.9 Å². The first-order valence-corrected chi connectivity index (χ1v) is 8.43. The van der Waals surface area contributed by atoms with Crippen molar-refractivity contribution in [1.82, 2.24) is 0 Å². The van der Waals surface area contributed by atoms with Crippen LogP contribution < -0.4 is 0 Å². The summed E-state index contributed by atoms with van der Waals surface area (Å²) in [6.07, 6.45) is 21.3. The van der Waals surface area contributed by atoms with Gasteiger partial charge in [-0.3, -0.25) is 4.79 Å². The minimum Gasteiger partial charge on any atom is -0.481 e. The van der Waals surface area contributed by atoms with Crippen LogP contribution in [0.4, 0.5) is 0 Å². The van der Waals surface area contributed by atoms with Crippen LogP contribution in [0.15, 0.2) is 22.4 Å². The molecule has 4 nitrogen and oxygen atoms in total. The lowest BCUT2D eigenvalue weighted by Gasteiger charge is -2.07. The quantitative estimate of drug-likeness (QED) is 0.275. The van der Waals surface area contributed by atoms with Crippen LogP contribution in [0.25, 0.3) is 0 Å². The highest BCUT2D eigenvalue weighted by Gasteiger charge is 2.37. The standard InChI is InChI=1S/C18H28N2O2/c1-2-3-12-15-18(19-20-18)16-13-10-8-6-4-5-7-9-11-14-17(21)22/h1,8,10H,3-7,9,11-16H2,(H,21,22)/b10-8-. The molecule has 0 aromatic heterocycles. The number of carboxylic acids is 1. The normalized spacial score (nSPS) is 15.0. The fraction of sp³-hybridized carbons (Fsp3) is 0.722. The average Bonchev–Trinajstić information content (AvgIpc) is 3.25. The summed E-state index contributed by atoms with van der Waals surface area (Å²) in [4.78, 5) is 10.4. The van der Waals surface area contributed by atoms with Gasteiger partial charge in [-0.15, -0.1) is 12.3 Å². The Labute approximate surface area is 134 Å². The van der Waals surface area contributed by atoms with Crippen LogP contribution in [0, 0.1) is 12.3 Å². The molecule has 0 aromatic carbocycles. The smallest absolute Gasteiger partial charge is 0.303 e. The Balaban J connectivity index is 1.88. The molecule has 1 aliphatic rings. The second-order valence-corrected chi connectivity index (χ2v) is 5.95. The fourth-order valence-corrected chi connectivity index (χ4v) is 2.49. The van der Waals surface area contributed by atoms with Crippen molar-refractivity contribution in [2.24, 2.45) is 10.2 Å². The second kappa shape index (κ2) is 11.0. The second-order valence-electron chi connectivity index (χ2n) is 5.95. The summed E-state index contributed by atoms with van der Waals surface area (Å²) in [7, 11) is 0. The van der Waals surface area contributed by atoms with E-state index >= 15 is 0 Å². The number of hydrogen-bond acceptors (Lipinski definition) is 3. The Morgan fingerprint density at radius 2 is 1.68 bits per heavy atom. The average molecular weight is 304 g/mol. The van der Waals surface area contributed by atoms with Gasteiger partial charge in [0.1, 0.15) is 0 Å². The van der Waals surface area contributed by atoms with Gasteiger partial charge in [-0.25, -0.2) is 0 Å². The number of rotatable bonds is 14. The molecular weight excluding hydrogens is 276 g/mol. The van der Waals surface area contributed by atoms with Crippen molar-refractivity contribution >= 4 is 5.97 Å². The molecule has 0 bridgehead atoms. The number of carbonyl (C=O) groups is 1. The molecular formula is C18H28N2O2. The fourth-order valence-electron chi connectivity index (χ4n) is 2.49. The number of hydrogen-bond donors (Lipinski definition) is 1. The van der Waals surface area contributed by atoms with Crippen LogP contribution in [0.2, 0.25) is 0 Å². The van der Waals surface area contributed by atoms with Crippen molar-refractivity contribution < 1.29 is 9.90 Å². The third-order valence-electron chi connectivity index (χ3n) is 3.92. The third-order valence-corrected chi connectivity index (χ3v) is 3.92. The lowest BCUT2D eigenvalue weighted by Crippen LogP contribution is -2.09. The van der Waals surface area contributed by atoms with E-state index in [4.69, 9.17) is 11.5 Å². The molecule has 1 heterocycles. The first-order valence-electron chi connectivity index (χ1n) is 8.43. The number of carboxylic acid groups (broad SMARTS) is 1. The molecule has 0 saturated heterocycles. The summed E-state index contributed by atoms with van der Waals surface area (Å²) in [5, 5.41) is 16.9. The Morgan fingerprint density at radius 3 is 2.36 bits per heavy atom. The van der Waals surface area contributed by atoms with E-state index in [2.05, 4.69) is 28.3 Å². The molecule has 1 rings (SSSR count). The van der Waals surface area contributed by atoms with E-state index in [1.807, 2.05) is 0 Å². The van der Waals surface area contributed by atoms with Gasteiger partial charge < -0.3 is 5.11 Å². The minimum atomic E-state index is -0.686. The molecule has 0 unspecified atom stereocenters. The Hall–Kier alpha value is -1.63. The predicted octanol–water partition coefficient (Wildman–Crippen LogP) is 5.10. The summed E-state index contributed by atoms with van der Waals surface area (Å²) in [6, 6.07) is 0. The number of nitrogens with zero attached hydrogens (tertiary/aromatic N) is 2. The molecule has 0 amide bonds. The summed E-state index contributed by atoms with van der Waals surface area (Å²) in [5.41, 5.74) is -0.106. The largest absolute Gasteiger partial charge is 0.481 e. The summed E-state index contributed by atoms with van der Waals surface area (Å²) in [6.45, 7) is 0. The number of terminal acetylenes is 1. The van der Waals surface area contributed by atoms with Crippen LogP contribution >= 0.6 is 0 Å². The van der Waals surface area contributed by atoms with Crippen molar-refractivity contribution in [3.8, 4) is 12.3 Å². The first kappa shape index (κ1) is 18.4. The molecule has 0 fully saturated rings. The zero-order chi connectivity index (χ0) is 16.1. The molecule has 0 atom stereocenters. The van der Waals surface area contributed by atoms with Crippen molar-refractivity contribution in [3.63, 3.8) is 0 Å². The highest BCUT2D eigenvalue weighted by molar-refractivity contribution is 5.66. The van der Waals surface area contributed by atoms with Gasteiger partial charge in [0.25, 0.3) is 0 Å². The van der Waals surface area contributed by atoms with Gasteiger partial charge >= 0.3 is 5.97 Å². The molecule has 4 heteroatoms. The SMILES string of the molecule is C#CCCCC1(CC/C=C\CCCCCCCC(=O)O)N=N1. The Morgan fingerprint density at radius 1 is 1.00 bits per heavy atom. The molecule has 0 aromatic rings. The van der Waals surface area contributed by atoms with Crippen molar-refractivity contribution in [1.29, 1.82) is 0 Å². The maximum absolute atomic E-state index is 10.4. The minimum absolute atomic E-state index is 0.106. The van der Waals surface area contributed by atoms with Crippen LogP contribution in [-0.4, -0.2) is 16.7 Å². The number of allylic oxidation sites excluding steroid dienone is 2. The molecule has 0 radical (unpaired) electrons. The molecule has 0 spiro atoms. The van der Waals surface area contributed by atoms with E-state index < -0.39 is 5.97 Å². The van der Waals surface area contributed by atoms with Crippen molar-refractivity contribution in [3.05, 3.63) is 12.2 Å². The van der Waals surface area contributed by atoms with E-state index in [9.17, 15) is 4.79 Å². The van der Waals surface area contributed by atoms with Crippen LogP contribution in [0.5, 0.6) is 0 Å². The van der Waals surface area contributed by atoms with Gasteiger partial charge in [0.05, 0.1) is 0 Å². The molecule has 1 N–H and O–H groups in total. The maximum atomic E-state index is 10.4. The van der Waals surface area contributed by atoms with Gasteiger partial charge in [0.2, 0.25) is 0 Å². The van der Waals surface area contributed by atoms with E-state index in [0.717, 1.165) is 57.8 Å². The van der Waals surface area contributed by atoms with Crippen LogP contribution in [0.3, 0.4) is 0 Å². The van der Waals surface area contributed by atoms with E-state index in [1.54, 1.807) is 0 Å². The molecule has 1 aliphatic heterocycles. The summed E-state index contributed by atoms with van der Waals surface area (Å²) < 4.78 is 0. The molecule has 0 saturated carbocycles. The zero-order valence-corrected chi connectivity index (χ0v) is 13.5. The van der Waals surface area contributed by atoms with E-state index in [-0.39, 0.29) is 5.66 Å². The zero-order valence-electron chi connectivity index (χ0n) is 13.5.